The van der Waals surface area contributed by atoms with Gasteiger partial charge in [0.1, 0.15) is 0 Å². The molecule has 1 saturated heterocycles. The van der Waals surface area contributed by atoms with Crippen LogP contribution in [-0.2, 0) is 11.3 Å². The van der Waals surface area contributed by atoms with Gasteiger partial charge in [-0.3, -0.25) is 19.7 Å². The number of carbonyl (C=O) groups is 1. The van der Waals surface area contributed by atoms with Crippen molar-refractivity contribution < 1.29 is 4.79 Å². The van der Waals surface area contributed by atoms with Crippen molar-refractivity contribution in [2.45, 2.75) is 20.4 Å². The number of hydrogen-bond acceptors (Lipinski definition) is 4. The minimum Gasteiger partial charge on any atom is -0.322 e. The van der Waals surface area contributed by atoms with Gasteiger partial charge in [0.15, 0.2) is 0 Å². The molecule has 2 aromatic rings. The van der Waals surface area contributed by atoms with Gasteiger partial charge in [-0.1, -0.05) is 23.7 Å². The zero-order chi connectivity index (χ0) is 17.8. The second-order valence-corrected chi connectivity index (χ2v) is 6.97. The number of rotatable bonds is 5. The maximum absolute atomic E-state index is 12.3. The Morgan fingerprint density at radius 3 is 2.40 bits per heavy atom. The lowest BCUT2D eigenvalue weighted by Crippen LogP contribution is -2.48. The molecule has 0 aliphatic carbocycles. The molecular weight excluding hydrogens is 338 g/mol. The first-order chi connectivity index (χ1) is 12.0. The van der Waals surface area contributed by atoms with E-state index >= 15 is 0 Å². The Morgan fingerprint density at radius 2 is 1.80 bits per heavy atom. The number of benzene rings is 1. The van der Waals surface area contributed by atoms with Crippen LogP contribution in [0.5, 0.6) is 0 Å². The van der Waals surface area contributed by atoms with Crippen molar-refractivity contribution in [2.24, 2.45) is 0 Å². The third-order valence-corrected chi connectivity index (χ3v) is 4.80. The first-order valence-electron chi connectivity index (χ1n) is 8.52. The predicted octanol–water partition coefficient (Wildman–Crippen LogP) is 2.44. The van der Waals surface area contributed by atoms with Gasteiger partial charge in [0.05, 0.1) is 23.6 Å². The number of nitrogens with zero attached hydrogens (tertiary/aromatic N) is 3. The molecule has 3 rings (SSSR count). The van der Waals surface area contributed by atoms with Crippen LogP contribution in [0, 0.1) is 13.8 Å². The summed E-state index contributed by atoms with van der Waals surface area (Å²) in [4.78, 5) is 16.9. The lowest BCUT2D eigenvalue weighted by molar-refractivity contribution is -0.117. The van der Waals surface area contributed by atoms with Gasteiger partial charge in [0, 0.05) is 37.7 Å². The summed E-state index contributed by atoms with van der Waals surface area (Å²) in [6.45, 7) is 8.83. The normalized spacial score (nSPS) is 16.1. The number of anilines is 1. The zero-order valence-electron chi connectivity index (χ0n) is 14.7. The summed E-state index contributed by atoms with van der Waals surface area (Å²) in [6.07, 6.45) is 0. The predicted molar refractivity (Wildman–Crippen MR) is 99.9 cm³/mol. The molecular formula is C18H24ClN5O. The number of aromatic nitrogens is 2. The van der Waals surface area contributed by atoms with Gasteiger partial charge in [-0.2, -0.15) is 5.10 Å². The number of H-pyrrole nitrogens is 1. The number of nitrogens with one attached hydrogen (secondary N) is 2. The second-order valence-electron chi connectivity index (χ2n) is 6.54. The van der Waals surface area contributed by atoms with Gasteiger partial charge < -0.3 is 5.32 Å². The minimum atomic E-state index is 0.0127. The van der Waals surface area contributed by atoms with Gasteiger partial charge in [-0.25, -0.2) is 0 Å². The molecule has 0 unspecified atom stereocenters. The summed E-state index contributed by atoms with van der Waals surface area (Å²) in [6, 6.07) is 7.99. The summed E-state index contributed by atoms with van der Waals surface area (Å²) in [7, 11) is 0. The van der Waals surface area contributed by atoms with E-state index in [4.69, 9.17) is 11.6 Å². The SMILES string of the molecule is Cc1n[nH]c(C)c1NC(=O)CN1CCN(Cc2ccc(Cl)cc2)CC1. The molecule has 0 radical (unpaired) electrons. The Hall–Kier alpha value is -1.89. The van der Waals surface area contributed by atoms with Gasteiger partial charge in [0.2, 0.25) is 5.91 Å². The lowest BCUT2D eigenvalue weighted by Gasteiger charge is -2.34. The van der Waals surface area contributed by atoms with E-state index in [1.165, 1.54) is 5.56 Å². The standard InChI is InChI=1S/C18H24ClN5O/c1-13-18(14(2)22-21-13)20-17(25)12-24-9-7-23(8-10-24)11-15-3-5-16(19)6-4-15/h3-6H,7-12H2,1-2H3,(H,20,25)(H,21,22). The average molecular weight is 362 g/mol. The van der Waals surface area contributed by atoms with Crippen molar-refractivity contribution in [2.75, 3.05) is 38.0 Å². The van der Waals surface area contributed by atoms with Crippen LogP contribution in [-0.4, -0.2) is 58.6 Å². The molecule has 1 aromatic heterocycles. The molecule has 1 aliphatic rings. The fraction of sp³-hybridized carbons (Fsp3) is 0.444. The highest BCUT2D eigenvalue weighted by atomic mass is 35.5. The quantitative estimate of drug-likeness (QED) is 0.858. The Labute approximate surface area is 153 Å². The first kappa shape index (κ1) is 17.9. The second kappa shape index (κ2) is 7.99. The van der Waals surface area contributed by atoms with E-state index in [1.54, 1.807) is 0 Å². The molecule has 0 atom stereocenters. The number of piperazine rings is 1. The summed E-state index contributed by atoms with van der Waals surface area (Å²) in [5.41, 5.74) is 3.77. The fourth-order valence-corrected chi connectivity index (χ4v) is 3.20. The summed E-state index contributed by atoms with van der Waals surface area (Å²) in [5.74, 6) is 0.0127. The molecule has 0 bridgehead atoms. The minimum absolute atomic E-state index is 0.0127. The molecule has 6 nitrogen and oxygen atoms in total. The van der Waals surface area contributed by atoms with E-state index in [2.05, 4.69) is 37.4 Å². The van der Waals surface area contributed by atoms with E-state index in [0.29, 0.717) is 6.54 Å². The molecule has 0 saturated carbocycles. The number of halogens is 1. The summed E-state index contributed by atoms with van der Waals surface area (Å²) in [5, 5.41) is 10.7. The first-order valence-corrected chi connectivity index (χ1v) is 8.89. The largest absolute Gasteiger partial charge is 0.322 e. The molecule has 1 amide bonds. The monoisotopic (exact) mass is 361 g/mol. The highest BCUT2D eigenvalue weighted by Crippen LogP contribution is 2.16. The van der Waals surface area contributed by atoms with E-state index in [-0.39, 0.29) is 5.91 Å². The zero-order valence-corrected chi connectivity index (χ0v) is 15.4. The Kier molecular flexibility index (Phi) is 5.73. The van der Waals surface area contributed by atoms with Crippen LogP contribution >= 0.6 is 11.6 Å². The molecule has 2 N–H and O–H groups in total. The van der Waals surface area contributed by atoms with Gasteiger partial charge in [-0.05, 0) is 31.5 Å². The van der Waals surface area contributed by atoms with Crippen LogP contribution in [0.1, 0.15) is 17.0 Å². The number of carbonyl (C=O) groups excluding carboxylic acids is 1. The van der Waals surface area contributed by atoms with Crippen molar-refractivity contribution in [3.63, 3.8) is 0 Å². The topological polar surface area (TPSA) is 64.3 Å². The number of aryl methyl sites for hydroxylation is 2. The van der Waals surface area contributed by atoms with Crippen LogP contribution in [0.3, 0.4) is 0 Å². The third-order valence-electron chi connectivity index (χ3n) is 4.54. The molecule has 2 heterocycles. The molecule has 1 fully saturated rings. The average Bonchev–Trinajstić information content (AvgIpc) is 2.90. The van der Waals surface area contributed by atoms with E-state index < -0.39 is 0 Å². The molecule has 1 aromatic carbocycles. The Bertz CT molecular complexity index is 700. The van der Waals surface area contributed by atoms with Crippen LogP contribution in [0.4, 0.5) is 5.69 Å². The Balaban J connectivity index is 1.44. The van der Waals surface area contributed by atoms with Crippen molar-refractivity contribution in [1.82, 2.24) is 20.0 Å². The maximum Gasteiger partial charge on any atom is 0.238 e. The molecule has 25 heavy (non-hydrogen) atoms. The van der Waals surface area contributed by atoms with E-state index in [1.807, 2.05) is 26.0 Å². The highest BCUT2D eigenvalue weighted by Gasteiger charge is 2.20. The lowest BCUT2D eigenvalue weighted by atomic mass is 10.2. The summed E-state index contributed by atoms with van der Waals surface area (Å²) >= 11 is 5.93. The Morgan fingerprint density at radius 1 is 1.16 bits per heavy atom. The fourth-order valence-electron chi connectivity index (χ4n) is 3.07. The number of amides is 1. The van der Waals surface area contributed by atoms with Crippen molar-refractivity contribution in [3.8, 4) is 0 Å². The summed E-state index contributed by atoms with van der Waals surface area (Å²) < 4.78 is 0. The van der Waals surface area contributed by atoms with Crippen LogP contribution in [0.2, 0.25) is 5.02 Å². The van der Waals surface area contributed by atoms with Crippen LogP contribution in [0.15, 0.2) is 24.3 Å². The van der Waals surface area contributed by atoms with Gasteiger partial charge in [0.25, 0.3) is 0 Å². The molecule has 134 valence electrons. The molecule has 1 aliphatic heterocycles. The van der Waals surface area contributed by atoms with Gasteiger partial charge in [-0.15, -0.1) is 0 Å². The number of hydrogen-bond donors (Lipinski definition) is 2. The van der Waals surface area contributed by atoms with Gasteiger partial charge >= 0.3 is 0 Å². The third kappa shape index (κ3) is 4.81. The smallest absolute Gasteiger partial charge is 0.238 e. The molecule has 7 heteroatoms. The van der Waals surface area contributed by atoms with E-state index in [9.17, 15) is 4.79 Å². The highest BCUT2D eigenvalue weighted by molar-refractivity contribution is 6.30. The van der Waals surface area contributed by atoms with Crippen LogP contribution < -0.4 is 5.32 Å². The molecule has 0 spiro atoms. The van der Waals surface area contributed by atoms with Crippen molar-refractivity contribution >= 4 is 23.2 Å². The van der Waals surface area contributed by atoms with E-state index in [0.717, 1.165) is 54.8 Å². The number of aromatic amines is 1. The van der Waals surface area contributed by atoms with Crippen molar-refractivity contribution in [1.29, 1.82) is 0 Å². The van der Waals surface area contributed by atoms with Crippen LogP contribution in [0.25, 0.3) is 0 Å². The maximum atomic E-state index is 12.3. The van der Waals surface area contributed by atoms with Crippen molar-refractivity contribution in [3.05, 3.63) is 46.2 Å².